The van der Waals surface area contributed by atoms with Crippen LogP contribution < -0.4 is 0 Å². The van der Waals surface area contributed by atoms with Gasteiger partial charge in [0, 0.05) is 45.0 Å². The Kier molecular flexibility index (Phi) is 6.74. The van der Waals surface area contributed by atoms with Crippen LogP contribution in [0.25, 0.3) is 4.85 Å². The molecule has 4 atom stereocenters. The van der Waals surface area contributed by atoms with Crippen LogP contribution in [0.3, 0.4) is 0 Å². The summed E-state index contributed by atoms with van der Waals surface area (Å²) in [6, 6.07) is 8.08. The Morgan fingerprint density at radius 1 is 1.42 bits per heavy atom. The van der Waals surface area contributed by atoms with Gasteiger partial charge >= 0.3 is 0 Å². The molecule has 0 amide bonds. The van der Waals surface area contributed by atoms with Crippen LogP contribution in [-0.2, 0) is 45.6 Å². The predicted molar refractivity (Wildman–Crippen MR) is 73.2 cm³/mol. The Morgan fingerprint density at radius 2 is 2.11 bits per heavy atom. The number of hydrogen-bond acceptors (Lipinski definition) is 1. The second-order valence-corrected chi connectivity index (χ2v) is 5.01. The zero-order valence-corrected chi connectivity index (χ0v) is 13.8. The number of rotatable bonds is 3. The Labute approximate surface area is 142 Å². The fourth-order valence-electron chi connectivity index (χ4n) is 2.73. The molecule has 4 unspecified atom stereocenters. The number of aliphatic hydroxyl groups is 1. The second kappa shape index (κ2) is 7.58. The molecule has 1 aliphatic rings. The number of nitrogens with zero attached hydrogens (tertiary/aromatic N) is 1. The van der Waals surface area contributed by atoms with Crippen LogP contribution in [0.2, 0.25) is 5.82 Å². The molecule has 0 aliphatic heterocycles. The molecule has 3 radical (unpaired) electrons. The third kappa shape index (κ3) is 3.91. The van der Waals surface area contributed by atoms with Crippen molar-refractivity contribution >= 4 is 7.85 Å². The summed E-state index contributed by atoms with van der Waals surface area (Å²) in [6.45, 7) is 11.1. The van der Waals surface area contributed by atoms with E-state index in [9.17, 15) is 5.11 Å². The molecular weight excluding hydrogens is 310 g/mol. The van der Waals surface area contributed by atoms with Crippen LogP contribution in [0.15, 0.2) is 24.3 Å². The molecule has 1 aromatic rings. The topological polar surface area (TPSA) is 24.6 Å². The fraction of sp³-hybridized carbons (Fsp3) is 0.467. The molecule has 0 bridgehead atoms. The van der Waals surface area contributed by atoms with Gasteiger partial charge in [0.2, 0.25) is 6.04 Å². The summed E-state index contributed by atoms with van der Waals surface area (Å²) in [6.07, 6.45) is 1.49. The van der Waals surface area contributed by atoms with Gasteiger partial charge in [-0.2, -0.15) is 6.42 Å². The summed E-state index contributed by atoms with van der Waals surface area (Å²) < 4.78 is 0. The van der Waals surface area contributed by atoms with Gasteiger partial charge in [0.05, 0.1) is 14.0 Å². The van der Waals surface area contributed by atoms with Crippen molar-refractivity contribution in [2.45, 2.75) is 37.2 Å². The minimum atomic E-state index is -0.537. The van der Waals surface area contributed by atoms with E-state index in [1.165, 1.54) is 11.1 Å². The minimum Gasteiger partial charge on any atom is -0.393 e. The van der Waals surface area contributed by atoms with E-state index in [-0.39, 0.29) is 50.5 Å². The first kappa shape index (κ1) is 16.9. The zero-order valence-electron chi connectivity index (χ0n) is 11.0. The molecule has 4 heteroatoms. The molecule has 1 fully saturated rings. The zero-order chi connectivity index (χ0) is 13.1. The smallest absolute Gasteiger partial charge is 0.228 e. The first-order chi connectivity index (χ1) is 8.65. The number of hydrogen-bond donors (Lipinski definition) is 1. The molecule has 0 spiro atoms. The average Bonchev–Trinajstić information content (AvgIpc) is 2.67. The standard InChI is InChI=1S/C15H17BNO.Y/c1-3-10-5-4-6-11(7-10)8-12-13(17-2)9-14(18)15(12)16;/h4-7,12-15,18H,1,3,8-9H2;/q-1;. The van der Waals surface area contributed by atoms with E-state index < -0.39 is 6.10 Å². The van der Waals surface area contributed by atoms with Crippen LogP contribution in [0, 0.1) is 19.4 Å². The molecule has 95 valence electrons. The third-order valence-electron chi connectivity index (χ3n) is 3.83. The summed E-state index contributed by atoms with van der Waals surface area (Å²) in [5.41, 5.74) is 2.37. The van der Waals surface area contributed by atoms with Crippen molar-refractivity contribution in [1.29, 1.82) is 0 Å². The van der Waals surface area contributed by atoms with Gasteiger partial charge in [-0.3, -0.25) is 0 Å². The van der Waals surface area contributed by atoms with Gasteiger partial charge in [0.15, 0.2) is 0 Å². The maximum atomic E-state index is 9.77. The van der Waals surface area contributed by atoms with Crippen LogP contribution in [0.1, 0.15) is 17.5 Å². The van der Waals surface area contributed by atoms with Crippen molar-refractivity contribution in [3.63, 3.8) is 0 Å². The monoisotopic (exact) mass is 327 g/mol. The van der Waals surface area contributed by atoms with Crippen LogP contribution in [0.4, 0.5) is 0 Å². The molecule has 0 heterocycles. The predicted octanol–water partition coefficient (Wildman–Crippen LogP) is 2.23. The van der Waals surface area contributed by atoms with E-state index in [1.807, 2.05) is 12.1 Å². The van der Waals surface area contributed by atoms with Crippen LogP contribution >= 0.6 is 0 Å². The Bertz CT molecular complexity index is 460. The second-order valence-electron chi connectivity index (χ2n) is 5.01. The van der Waals surface area contributed by atoms with Crippen molar-refractivity contribution in [3.05, 3.63) is 53.7 Å². The quantitative estimate of drug-likeness (QED) is 0.668. The third-order valence-corrected chi connectivity index (χ3v) is 3.83. The molecule has 19 heavy (non-hydrogen) atoms. The van der Waals surface area contributed by atoms with Crippen LogP contribution in [-0.4, -0.2) is 25.1 Å². The molecule has 0 saturated heterocycles. The van der Waals surface area contributed by atoms with Gasteiger partial charge in [-0.15, -0.1) is 0 Å². The normalized spacial score (nSPS) is 29.5. The van der Waals surface area contributed by atoms with Crippen molar-refractivity contribution in [1.82, 2.24) is 0 Å². The van der Waals surface area contributed by atoms with Crippen molar-refractivity contribution in [2.75, 3.05) is 0 Å². The van der Waals surface area contributed by atoms with Gasteiger partial charge in [-0.25, -0.2) is 6.57 Å². The summed E-state index contributed by atoms with van der Waals surface area (Å²) in [4.78, 5) is 3.61. The molecule has 2 nitrogen and oxygen atoms in total. The van der Waals surface area contributed by atoms with Gasteiger partial charge < -0.3 is 16.9 Å². The van der Waals surface area contributed by atoms with Gasteiger partial charge in [0.25, 0.3) is 0 Å². The minimum absolute atomic E-state index is 0. The summed E-state index contributed by atoms with van der Waals surface area (Å²) >= 11 is 0. The molecule has 1 N–H and O–H groups in total. The van der Waals surface area contributed by atoms with E-state index in [1.54, 1.807) is 0 Å². The molecule has 1 saturated carbocycles. The van der Waals surface area contributed by atoms with Gasteiger partial charge in [0.1, 0.15) is 0 Å². The summed E-state index contributed by atoms with van der Waals surface area (Å²) in [5.74, 6) is -0.231. The van der Waals surface area contributed by atoms with E-state index in [4.69, 9.17) is 14.4 Å². The first-order valence-electron chi connectivity index (χ1n) is 6.33. The Balaban J connectivity index is 0.00000180. The number of benzene rings is 1. The molecule has 1 aromatic carbocycles. The van der Waals surface area contributed by atoms with Crippen molar-refractivity contribution < 1.29 is 37.8 Å². The van der Waals surface area contributed by atoms with E-state index in [0.29, 0.717) is 6.42 Å². The van der Waals surface area contributed by atoms with Crippen LogP contribution in [0.5, 0.6) is 0 Å². The SMILES string of the molecule is [B]C1C(O)CC([N+]#[C-])C1Cc1cccc(C[CH2-])c1.[Y]. The maximum Gasteiger partial charge on any atom is 0.228 e. The van der Waals surface area contributed by atoms with E-state index in [2.05, 4.69) is 23.9 Å². The largest absolute Gasteiger partial charge is 0.393 e. The number of aliphatic hydroxyl groups excluding tert-OH is 1. The maximum absolute atomic E-state index is 9.77. The fourth-order valence-corrected chi connectivity index (χ4v) is 2.73. The van der Waals surface area contributed by atoms with Gasteiger partial charge in [-0.1, -0.05) is 29.8 Å². The summed E-state index contributed by atoms with van der Waals surface area (Å²) in [5, 5.41) is 9.77. The Morgan fingerprint density at radius 3 is 2.74 bits per heavy atom. The van der Waals surface area contributed by atoms with Crippen molar-refractivity contribution in [2.24, 2.45) is 5.92 Å². The first-order valence-corrected chi connectivity index (χ1v) is 6.33. The van der Waals surface area contributed by atoms with E-state index in [0.717, 1.165) is 12.8 Å². The molecule has 1 aliphatic carbocycles. The van der Waals surface area contributed by atoms with Gasteiger partial charge in [-0.05, 0) is 17.8 Å². The molecule has 2 rings (SSSR count). The van der Waals surface area contributed by atoms with Crippen molar-refractivity contribution in [3.8, 4) is 0 Å². The average molecular weight is 327 g/mol. The van der Waals surface area contributed by atoms with E-state index >= 15 is 0 Å². The Hall–Kier alpha value is -0.161. The molecule has 0 aromatic heterocycles. The summed E-state index contributed by atoms with van der Waals surface area (Å²) in [7, 11) is 6.00. The molecular formula is C15H17BNOY-.